The van der Waals surface area contributed by atoms with E-state index in [1.807, 2.05) is 23.6 Å². The lowest BCUT2D eigenvalue weighted by Crippen LogP contribution is -2.44. The molecule has 2 aromatic heterocycles. The Morgan fingerprint density at radius 1 is 1.39 bits per heavy atom. The van der Waals surface area contributed by atoms with E-state index in [9.17, 15) is 0 Å². The fraction of sp³-hybridized carbons (Fsp3) is 0.615. The minimum Gasteiger partial charge on any atom is -0.316 e. The quantitative estimate of drug-likeness (QED) is 0.870. The molecule has 1 unspecified atom stereocenters. The monoisotopic (exact) mass is 245 g/mol. The van der Waals surface area contributed by atoms with Crippen LogP contribution in [0.4, 0.5) is 0 Å². The SMILES string of the molecule is CCC1(c2nnc3ccc(C)nn23)CCCNC1. The van der Waals surface area contributed by atoms with Crippen molar-refractivity contribution >= 4 is 5.65 Å². The van der Waals surface area contributed by atoms with E-state index in [0.717, 1.165) is 43.1 Å². The zero-order chi connectivity index (χ0) is 12.6. The van der Waals surface area contributed by atoms with Gasteiger partial charge in [0.2, 0.25) is 0 Å². The van der Waals surface area contributed by atoms with Crippen LogP contribution in [0.2, 0.25) is 0 Å². The molecule has 0 amide bonds. The van der Waals surface area contributed by atoms with Crippen molar-refractivity contribution in [2.75, 3.05) is 13.1 Å². The van der Waals surface area contributed by atoms with E-state index >= 15 is 0 Å². The van der Waals surface area contributed by atoms with Crippen LogP contribution in [0.5, 0.6) is 0 Å². The van der Waals surface area contributed by atoms with Crippen LogP contribution in [0.3, 0.4) is 0 Å². The Hall–Kier alpha value is -1.49. The molecule has 1 fully saturated rings. The Kier molecular flexibility index (Phi) is 2.78. The van der Waals surface area contributed by atoms with Crippen molar-refractivity contribution in [3.63, 3.8) is 0 Å². The second kappa shape index (κ2) is 4.31. The van der Waals surface area contributed by atoms with Crippen LogP contribution in [0, 0.1) is 6.92 Å². The molecule has 2 aromatic rings. The molecule has 1 aliphatic heterocycles. The van der Waals surface area contributed by atoms with Crippen LogP contribution in [0.25, 0.3) is 5.65 Å². The van der Waals surface area contributed by atoms with E-state index in [1.165, 1.54) is 6.42 Å². The van der Waals surface area contributed by atoms with Crippen LogP contribution >= 0.6 is 0 Å². The summed E-state index contributed by atoms with van der Waals surface area (Å²) in [5, 5.41) is 16.7. The van der Waals surface area contributed by atoms with Gasteiger partial charge in [-0.05, 0) is 44.9 Å². The number of nitrogens with one attached hydrogen (secondary N) is 1. The van der Waals surface area contributed by atoms with E-state index in [-0.39, 0.29) is 5.41 Å². The minimum atomic E-state index is 0.0818. The van der Waals surface area contributed by atoms with Crippen molar-refractivity contribution in [2.24, 2.45) is 0 Å². The van der Waals surface area contributed by atoms with Crippen LogP contribution in [0.1, 0.15) is 37.7 Å². The molecule has 0 bridgehead atoms. The third-order valence-corrected chi connectivity index (χ3v) is 4.02. The number of nitrogens with zero attached hydrogens (tertiary/aromatic N) is 4. The van der Waals surface area contributed by atoms with E-state index in [2.05, 4.69) is 27.5 Å². The summed E-state index contributed by atoms with van der Waals surface area (Å²) in [7, 11) is 0. The van der Waals surface area contributed by atoms with Crippen LogP contribution in [0.15, 0.2) is 12.1 Å². The summed E-state index contributed by atoms with van der Waals surface area (Å²) in [6, 6.07) is 3.96. The summed E-state index contributed by atoms with van der Waals surface area (Å²) in [5.41, 5.74) is 1.92. The molecule has 1 N–H and O–H groups in total. The third-order valence-electron chi connectivity index (χ3n) is 4.02. The summed E-state index contributed by atoms with van der Waals surface area (Å²) in [5.74, 6) is 1.01. The molecule has 1 atom stereocenters. The van der Waals surface area contributed by atoms with Gasteiger partial charge in [0.15, 0.2) is 11.5 Å². The first kappa shape index (κ1) is 11.6. The van der Waals surface area contributed by atoms with Crippen molar-refractivity contribution < 1.29 is 0 Å². The van der Waals surface area contributed by atoms with Crippen LogP contribution < -0.4 is 5.32 Å². The lowest BCUT2D eigenvalue weighted by Gasteiger charge is -2.34. The number of hydrogen-bond donors (Lipinski definition) is 1. The number of fused-ring (bicyclic) bond motifs is 1. The maximum absolute atomic E-state index is 4.57. The average Bonchev–Trinajstić information content (AvgIpc) is 2.83. The van der Waals surface area contributed by atoms with Gasteiger partial charge in [-0.2, -0.15) is 9.61 Å². The minimum absolute atomic E-state index is 0.0818. The highest BCUT2D eigenvalue weighted by Crippen LogP contribution is 2.33. The van der Waals surface area contributed by atoms with Crippen molar-refractivity contribution in [2.45, 2.75) is 38.5 Å². The largest absolute Gasteiger partial charge is 0.316 e. The summed E-state index contributed by atoms with van der Waals surface area (Å²) in [6.07, 6.45) is 3.41. The second-order valence-corrected chi connectivity index (χ2v) is 5.18. The zero-order valence-corrected chi connectivity index (χ0v) is 11.0. The number of piperidine rings is 1. The van der Waals surface area contributed by atoms with Gasteiger partial charge in [-0.25, -0.2) is 0 Å². The Balaban J connectivity index is 2.14. The molecule has 5 nitrogen and oxygen atoms in total. The van der Waals surface area contributed by atoms with E-state index in [1.54, 1.807) is 0 Å². The smallest absolute Gasteiger partial charge is 0.177 e. The molecule has 3 rings (SSSR count). The first-order valence-electron chi connectivity index (χ1n) is 6.65. The molecule has 3 heterocycles. The molecule has 1 saturated heterocycles. The molecule has 96 valence electrons. The van der Waals surface area contributed by atoms with Gasteiger partial charge in [-0.1, -0.05) is 6.92 Å². The lowest BCUT2D eigenvalue weighted by atomic mass is 9.77. The Morgan fingerprint density at radius 3 is 3.00 bits per heavy atom. The molecule has 0 spiro atoms. The fourth-order valence-corrected chi connectivity index (χ4v) is 2.83. The van der Waals surface area contributed by atoms with Crippen molar-refractivity contribution in [1.82, 2.24) is 25.1 Å². The highest BCUT2D eigenvalue weighted by atomic mass is 15.4. The Labute approximate surface area is 107 Å². The Morgan fingerprint density at radius 2 is 2.28 bits per heavy atom. The lowest BCUT2D eigenvalue weighted by molar-refractivity contribution is 0.283. The predicted molar refractivity (Wildman–Crippen MR) is 69.6 cm³/mol. The first-order valence-corrected chi connectivity index (χ1v) is 6.65. The van der Waals surface area contributed by atoms with Crippen molar-refractivity contribution in [1.29, 1.82) is 0 Å². The normalized spacial score (nSPS) is 24.6. The molecule has 0 aliphatic carbocycles. The number of aromatic nitrogens is 4. The van der Waals surface area contributed by atoms with E-state index < -0.39 is 0 Å². The van der Waals surface area contributed by atoms with Crippen LogP contribution in [-0.4, -0.2) is 32.9 Å². The van der Waals surface area contributed by atoms with Gasteiger partial charge in [-0.15, -0.1) is 10.2 Å². The number of hydrogen-bond acceptors (Lipinski definition) is 4. The maximum Gasteiger partial charge on any atom is 0.177 e. The van der Waals surface area contributed by atoms with Gasteiger partial charge in [0.25, 0.3) is 0 Å². The predicted octanol–water partition coefficient (Wildman–Crippen LogP) is 1.46. The molecular weight excluding hydrogens is 226 g/mol. The molecule has 0 saturated carbocycles. The van der Waals surface area contributed by atoms with Gasteiger partial charge < -0.3 is 5.32 Å². The van der Waals surface area contributed by atoms with E-state index in [4.69, 9.17) is 0 Å². The van der Waals surface area contributed by atoms with Crippen LogP contribution in [-0.2, 0) is 5.41 Å². The molecule has 0 aromatic carbocycles. The summed E-state index contributed by atoms with van der Waals surface area (Å²) >= 11 is 0. The van der Waals surface area contributed by atoms with Gasteiger partial charge in [0.1, 0.15) is 0 Å². The van der Waals surface area contributed by atoms with Crippen molar-refractivity contribution in [3.05, 3.63) is 23.7 Å². The third kappa shape index (κ3) is 1.70. The second-order valence-electron chi connectivity index (χ2n) is 5.18. The Bertz CT molecular complexity index is 554. The topological polar surface area (TPSA) is 55.1 Å². The average molecular weight is 245 g/mol. The fourth-order valence-electron chi connectivity index (χ4n) is 2.83. The van der Waals surface area contributed by atoms with Gasteiger partial charge in [-0.3, -0.25) is 0 Å². The maximum atomic E-state index is 4.57. The standard InChI is InChI=1S/C13H19N5/c1-3-13(7-4-8-14-9-13)12-16-15-11-6-5-10(2)17-18(11)12/h5-6,14H,3-4,7-9H2,1-2H3. The van der Waals surface area contributed by atoms with Gasteiger partial charge in [0.05, 0.1) is 5.69 Å². The first-order chi connectivity index (χ1) is 8.75. The number of aryl methyl sites for hydroxylation is 1. The molecule has 1 aliphatic rings. The number of rotatable bonds is 2. The summed E-state index contributed by atoms with van der Waals surface area (Å²) in [4.78, 5) is 0. The molecular formula is C13H19N5. The molecule has 18 heavy (non-hydrogen) atoms. The van der Waals surface area contributed by atoms with Gasteiger partial charge in [0, 0.05) is 12.0 Å². The summed E-state index contributed by atoms with van der Waals surface area (Å²) in [6.45, 7) is 6.30. The molecule has 0 radical (unpaired) electrons. The van der Waals surface area contributed by atoms with Gasteiger partial charge >= 0.3 is 0 Å². The van der Waals surface area contributed by atoms with Crippen molar-refractivity contribution in [3.8, 4) is 0 Å². The highest BCUT2D eigenvalue weighted by Gasteiger charge is 2.37. The summed E-state index contributed by atoms with van der Waals surface area (Å²) < 4.78 is 1.92. The zero-order valence-electron chi connectivity index (χ0n) is 11.0. The molecule has 5 heteroatoms. The van der Waals surface area contributed by atoms with E-state index in [0.29, 0.717) is 0 Å². The highest BCUT2D eigenvalue weighted by molar-refractivity contribution is 5.37.